The Morgan fingerprint density at radius 2 is 2.14 bits per heavy atom. The molecule has 2 saturated heterocycles. The smallest absolute Gasteiger partial charge is 0.234 e. The number of likely N-dealkylation sites (tertiary alicyclic amines) is 1. The second kappa shape index (κ2) is 7.10. The first-order chi connectivity index (χ1) is 9.95. The third-order valence-electron chi connectivity index (χ3n) is 5.50. The standard InChI is InChI=1S/C17H33N3O/c1-5-6-7-8-13(2)19-16(21)12-20-11-14-9-18-10-15(14)17(20,3)4/h13-15,18H,5-12H2,1-4H3,(H,19,21). The molecule has 2 N–H and O–H groups in total. The van der Waals surface area contributed by atoms with Crippen molar-refractivity contribution in [2.45, 2.75) is 65.0 Å². The van der Waals surface area contributed by atoms with Crippen LogP contribution in [-0.2, 0) is 4.79 Å². The molecular weight excluding hydrogens is 262 g/mol. The molecule has 0 aromatic carbocycles. The summed E-state index contributed by atoms with van der Waals surface area (Å²) in [6.45, 7) is 12.8. The van der Waals surface area contributed by atoms with Gasteiger partial charge >= 0.3 is 0 Å². The Labute approximate surface area is 130 Å². The minimum Gasteiger partial charge on any atom is -0.353 e. The summed E-state index contributed by atoms with van der Waals surface area (Å²) in [6.07, 6.45) is 4.80. The van der Waals surface area contributed by atoms with Crippen LogP contribution in [0.3, 0.4) is 0 Å². The molecule has 0 spiro atoms. The second-order valence-electron chi connectivity index (χ2n) is 7.52. The van der Waals surface area contributed by atoms with E-state index in [1.807, 2.05) is 0 Å². The number of carbonyl (C=O) groups is 1. The lowest BCUT2D eigenvalue weighted by molar-refractivity contribution is -0.123. The summed E-state index contributed by atoms with van der Waals surface area (Å²) < 4.78 is 0. The maximum absolute atomic E-state index is 12.3. The zero-order valence-corrected chi connectivity index (χ0v) is 14.2. The van der Waals surface area contributed by atoms with Crippen LogP contribution in [0.25, 0.3) is 0 Å². The summed E-state index contributed by atoms with van der Waals surface area (Å²) in [5.41, 5.74) is 0.136. The first-order valence-corrected chi connectivity index (χ1v) is 8.70. The summed E-state index contributed by atoms with van der Waals surface area (Å²) in [5, 5.41) is 6.66. The van der Waals surface area contributed by atoms with Crippen LogP contribution in [0, 0.1) is 11.8 Å². The van der Waals surface area contributed by atoms with Crippen molar-refractivity contribution in [1.29, 1.82) is 0 Å². The average molecular weight is 295 g/mol. The molecule has 0 bridgehead atoms. The average Bonchev–Trinajstić information content (AvgIpc) is 2.94. The fourth-order valence-corrected chi connectivity index (χ4v) is 4.04. The molecule has 0 aromatic heterocycles. The third-order valence-corrected chi connectivity index (χ3v) is 5.50. The van der Waals surface area contributed by atoms with Crippen LogP contribution in [0.4, 0.5) is 0 Å². The number of unbranched alkanes of at least 4 members (excludes halogenated alkanes) is 2. The molecule has 2 aliphatic heterocycles. The molecule has 1 amide bonds. The van der Waals surface area contributed by atoms with Gasteiger partial charge in [-0.25, -0.2) is 0 Å². The van der Waals surface area contributed by atoms with E-state index in [0.717, 1.165) is 32.0 Å². The molecule has 2 heterocycles. The van der Waals surface area contributed by atoms with Crippen molar-refractivity contribution >= 4 is 5.91 Å². The van der Waals surface area contributed by atoms with Crippen molar-refractivity contribution < 1.29 is 4.79 Å². The Morgan fingerprint density at radius 1 is 1.38 bits per heavy atom. The fraction of sp³-hybridized carbons (Fsp3) is 0.941. The molecule has 4 nitrogen and oxygen atoms in total. The van der Waals surface area contributed by atoms with Gasteiger partial charge in [0, 0.05) is 24.7 Å². The normalized spacial score (nSPS) is 29.3. The van der Waals surface area contributed by atoms with Gasteiger partial charge in [-0.05, 0) is 45.6 Å². The molecule has 21 heavy (non-hydrogen) atoms. The SMILES string of the molecule is CCCCCC(C)NC(=O)CN1CC2CNCC2C1(C)C. The number of nitrogens with zero attached hydrogens (tertiary/aromatic N) is 1. The van der Waals surface area contributed by atoms with Gasteiger partial charge in [0.25, 0.3) is 0 Å². The van der Waals surface area contributed by atoms with Gasteiger partial charge in [-0.15, -0.1) is 0 Å². The van der Waals surface area contributed by atoms with Gasteiger partial charge < -0.3 is 10.6 Å². The number of rotatable bonds is 7. The number of carbonyl (C=O) groups excluding carboxylic acids is 1. The van der Waals surface area contributed by atoms with E-state index in [0.29, 0.717) is 18.5 Å². The largest absolute Gasteiger partial charge is 0.353 e. The fourth-order valence-electron chi connectivity index (χ4n) is 4.04. The maximum atomic E-state index is 12.3. The molecule has 122 valence electrons. The van der Waals surface area contributed by atoms with E-state index in [2.05, 4.69) is 43.2 Å². The first-order valence-electron chi connectivity index (χ1n) is 8.70. The highest BCUT2D eigenvalue weighted by molar-refractivity contribution is 5.78. The summed E-state index contributed by atoms with van der Waals surface area (Å²) >= 11 is 0. The first kappa shape index (κ1) is 16.8. The predicted octanol–water partition coefficient (Wildman–Crippen LogP) is 2.00. The molecule has 3 unspecified atom stereocenters. The molecule has 2 rings (SSSR count). The monoisotopic (exact) mass is 295 g/mol. The Hall–Kier alpha value is -0.610. The number of nitrogens with one attached hydrogen (secondary N) is 2. The third kappa shape index (κ3) is 3.98. The topological polar surface area (TPSA) is 44.4 Å². The van der Waals surface area contributed by atoms with E-state index >= 15 is 0 Å². The molecular formula is C17H33N3O. The van der Waals surface area contributed by atoms with Crippen LogP contribution in [0.1, 0.15) is 53.4 Å². The van der Waals surface area contributed by atoms with Crippen LogP contribution in [-0.4, -0.2) is 48.6 Å². The molecule has 2 aliphatic rings. The number of fused-ring (bicyclic) bond motifs is 1. The maximum Gasteiger partial charge on any atom is 0.234 e. The van der Waals surface area contributed by atoms with Gasteiger partial charge in [0.05, 0.1) is 6.54 Å². The summed E-state index contributed by atoms with van der Waals surface area (Å²) in [5.74, 6) is 1.60. The van der Waals surface area contributed by atoms with Gasteiger partial charge in [-0.1, -0.05) is 26.2 Å². The minimum atomic E-state index is 0.136. The Balaban J connectivity index is 1.77. The van der Waals surface area contributed by atoms with Gasteiger partial charge in [-0.3, -0.25) is 9.69 Å². The highest BCUT2D eigenvalue weighted by Gasteiger charge is 2.49. The number of hydrogen-bond donors (Lipinski definition) is 2. The summed E-state index contributed by atoms with van der Waals surface area (Å²) in [4.78, 5) is 14.7. The van der Waals surface area contributed by atoms with E-state index in [4.69, 9.17) is 0 Å². The molecule has 4 heteroatoms. The van der Waals surface area contributed by atoms with Crippen molar-refractivity contribution in [2.24, 2.45) is 11.8 Å². The van der Waals surface area contributed by atoms with Crippen LogP contribution in [0.5, 0.6) is 0 Å². The van der Waals surface area contributed by atoms with Crippen molar-refractivity contribution in [1.82, 2.24) is 15.5 Å². The van der Waals surface area contributed by atoms with E-state index < -0.39 is 0 Å². The van der Waals surface area contributed by atoms with E-state index in [9.17, 15) is 4.79 Å². The van der Waals surface area contributed by atoms with Crippen molar-refractivity contribution in [3.05, 3.63) is 0 Å². The van der Waals surface area contributed by atoms with Crippen LogP contribution in [0.15, 0.2) is 0 Å². The van der Waals surface area contributed by atoms with E-state index in [-0.39, 0.29) is 11.4 Å². The highest BCUT2D eigenvalue weighted by Crippen LogP contribution is 2.40. The summed E-state index contributed by atoms with van der Waals surface area (Å²) in [6, 6.07) is 0.302. The molecule has 0 saturated carbocycles. The van der Waals surface area contributed by atoms with E-state index in [1.165, 1.54) is 19.3 Å². The van der Waals surface area contributed by atoms with Crippen LogP contribution >= 0.6 is 0 Å². The van der Waals surface area contributed by atoms with Crippen molar-refractivity contribution in [2.75, 3.05) is 26.2 Å². The van der Waals surface area contributed by atoms with Crippen LogP contribution in [0.2, 0.25) is 0 Å². The van der Waals surface area contributed by atoms with Crippen molar-refractivity contribution in [3.63, 3.8) is 0 Å². The van der Waals surface area contributed by atoms with E-state index in [1.54, 1.807) is 0 Å². The molecule has 2 fully saturated rings. The predicted molar refractivity (Wildman–Crippen MR) is 87.2 cm³/mol. The van der Waals surface area contributed by atoms with Gasteiger partial charge in [0.1, 0.15) is 0 Å². The Morgan fingerprint density at radius 3 is 2.81 bits per heavy atom. The van der Waals surface area contributed by atoms with Gasteiger partial charge in [0.15, 0.2) is 0 Å². The lowest BCUT2D eigenvalue weighted by atomic mass is 9.85. The second-order valence-corrected chi connectivity index (χ2v) is 7.52. The van der Waals surface area contributed by atoms with Crippen molar-refractivity contribution in [3.8, 4) is 0 Å². The molecule has 3 atom stereocenters. The van der Waals surface area contributed by atoms with Crippen LogP contribution < -0.4 is 10.6 Å². The van der Waals surface area contributed by atoms with Gasteiger partial charge in [-0.2, -0.15) is 0 Å². The quantitative estimate of drug-likeness (QED) is 0.706. The zero-order chi connectivity index (χ0) is 15.5. The lowest BCUT2D eigenvalue weighted by Crippen LogP contribution is -2.49. The lowest BCUT2D eigenvalue weighted by Gasteiger charge is -2.35. The number of hydrogen-bond acceptors (Lipinski definition) is 3. The zero-order valence-electron chi connectivity index (χ0n) is 14.2. The van der Waals surface area contributed by atoms with Gasteiger partial charge in [0.2, 0.25) is 5.91 Å². The highest BCUT2D eigenvalue weighted by atomic mass is 16.2. The molecule has 0 aliphatic carbocycles. The summed E-state index contributed by atoms with van der Waals surface area (Å²) in [7, 11) is 0. The molecule has 0 aromatic rings. The Kier molecular flexibility index (Phi) is 5.67. The Bertz CT molecular complexity index is 356. The minimum absolute atomic E-state index is 0.136. The number of amides is 1. The molecule has 0 radical (unpaired) electrons.